The number of ketones is 6. The standard InChI is InChI=1S/C36H26O6/c37-29-19-9-3-1-7-17(19)24-16-36(28-18-8-2-4-10-20(18)30(38)27(28)26(24)29)33(41)23-13-14-35(15-25(23)34(36)42)31(39)21-11-5-6-12-22(21)32(35)40/h1-2,5-14,17-18,24,26-28H,3-4,15-16H2. The number of allylic oxidation sites excluding steroid dienone is 12. The third kappa shape index (κ3) is 2.51. The van der Waals surface area contributed by atoms with Crippen molar-refractivity contribution in [2.45, 2.75) is 25.7 Å². The van der Waals surface area contributed by atoms with Gasteiger partial charge in [-0.25, -0.2) is 0 Å². The Kier molecular flexibility index (Phi) is 4.48. The van der Waals surface area contributed by atoms with Crippen LogP contribution in [0.1, 0.15) is 46.4 Å². The molecule has 7 atom stereocenters. The normalized spacial score (nSPS) is 38.1. The lowest BCUT2D eigenvalue weighted by Gasteiger charge is -2.48. The zero-order chi connectivity index (χ0) is 28.7. The fraction of sp³-hybridized carbons (Fsp3) is 0.333. The van der Waals surface area contributed by atoms with Crippen molar-refractivity contribution in [2.24, 2.45) is 46.3 Å². The van der Waals surface area contributed by atoms with Crippen LogP contribution in [0.2, 0.25) is 0 Å². The molecule has 3 saturated carbocycles. The van der Waals surface area contributed by atoms with Crippen LogP contribution in [0, 0.1) is 46.3 Å². The topological polar surface area (TPSA) is 102 Å². The first-order chi connectivity index (χ1) is 20.3. The summed E-state index contributed by atoms with van der Waals surface area (Å²) < 4.78 is 0. The van der Waals surface area contributed by atoms with Crippen LogP contribution in [-0.2, 0) is 19.2 Å². The number of benzene rings is 1. The molecule has 8 aliphatic rings. The quantitative estimate of drug-likeness (QED) is 0.346. The molecule has 1 aromatic carbocycles. The maximum Gasteiger partial charge on any atom is 0.181 e. The summed E-state index contributed by atoms with van der Waals surface area (Å²) in [6.07, 6.45) is 16.0. The molecule has 3 fully saturated rings. The molecule has 0 saturated heterocycles. The molecule has 206 valence electrons. The average molecular weight is 555 g/mol. The van der Waals surface area contributed by atoms with E-state index in [1.54, 1.807) is 24.3 Å². The minimum atomic E-state index is -1.55. The Hall–Kier alpha value is -4.32. The molecule has 0 aromatic heterocycles. The van der Waals surface area contributed by atoms with Gasteiger partial charge in [0, 0.05) is 58.3 Å². The lowest BCUT2D eigenvalue weighted by atomic mass is 9.51. The fourth-order valence-electron chi connectivity index (χ4n) is 9.97. The Morgan fingerprint density at radius 1 is 0.690 bits per heavy atom. The summed E-state index contributed by atoms with van der Waals surface area (Å²) in [6.45, 7) is 0. The van der Waals surface area contributed by atoms with Crippen molar-refractivity contribution in [2.75, 3.05) is 0 Å². The van der Waals surface area contributed by atoms with E-state index in [0.717, 1.165) is 0 Å². The Bertz CT molecular complexity index is 1810. The molecule has 0 radical (unpaired) electrons. The van der Waals surface area contributed by atoms with E-state index in [9.17, 15) is 28.8 Å². The number of rotatable bonds is 0. The van der Waals surface area contributed by atoms with Gasteiger partial charge >= 0.3 is 0 Å². The van der Waals surface area contributed by atoms with E-state index in [2.05, 4.69) is 0 Å². The van der Waals surface area contributed by atoms with E-state index in [1.807, 2.05) is 36.5 Å². The molecular formula is C36H26O6. The van der Waals surface area contributed by atoms with E-state index in [0.29, 0.717) is 35.1 Å². The zero-order valence-corrected chi connectivity index (χ0v) is 22.7. The fourth-order valence-corrected chi connectivity index (χ4v) is 9.97. The van der Waals surface area contributed by atoms with Crippen molar-refractivity contribution in [1.82, 2.24) is 0 Å². The van der Waals surface area contributed by atoms with Crippen LogP contribution in [0.25, 0.3) is 0 Å². The van der Waals surface area contributed by atoms with Crippen LogP contribution in [0.5, 0.6) is 0 Å². The molecule has 2 spiro atoms. The van der Waals surface area contributed by atoms with Crippen LogP contribution >= 0.6 is 0 Å². The molecular weight excluding hydrogens is 528 g/mol. The molecule has 9 rings (SSSR count). The predicted octanol–water partition coefficient (Wildman–Crippen LogP) is 4.49. The second-order valence-corrected chi connectivity index (χ2v) is 13.1. The van der Waals surface area contributed by atoms with Crippen LogP contribution in [0.3, 0.4) is 0 Å². The highest BCUT2D eigenvalue weighted by Gasteiger charge is 2.73. The third-order valence-corrected chi connectivity index (χ3v) is 11.6. The van der Waals surface area contributed by atoms with Gasteiger partial charge in [-0.3, -0.25) is 28.8 Å². The van der Waals surface area contributed by atoms with Gasteiger partial charge in [0.1, 0.15) is 10.8 Å². The molecule has 1 aromatic rings. The summed E-state index contributed by atoms with van der Waals surface area (Å²) in [5.41, 5.74) is -0.630. The largest absolute Gasteiger partial charge is 0.294 e. The Labute approximate surface area is 241 Å². The molecule has 8 aliphatic carbocycles. The van der Waals surface area contributed by atoms with Gasteiger partial charge < -0.3 is 0 Å². The van der Waals surface area contributed by atoms with E-state index < -0.39 is 34.5 Å². The molecule has 42 heavy (non-hydrogen) atoms. The van der Waals surface area contributed by atoms with E-state index in [-0.39, 0.29) is 70.5 Å². The summed E-state index contributed by atoms with van der Waals surface area (Å²) >= 11 is 0. The number of hydrogen-bond acceptors (Lipinski definition) is 6. The molecule has 0 heterocycles. The lowest BCUT2D eigenvalue weighted by Crippen LogP contribution is -2.55. The maximum absolute atomic E-state index is 14.9. The number of Topliss-reactive ketones (excluding diaryl/α,β-unsaturated/α-hetero) is 6. The van der Waals surface area contributed by atoms with Crippen LogP contribution in [0.15, 0.2) is 95.2 Å². The van der Waals surface area contributed by atoms with Gasteiger partial charge in [0.15, 0.2) is 34.7 Å². The molecule has 6 nitrogen and oxygen atoms in total. The molecule has 0 amide bonds. The average Bonchev–Trinajstić information content (AvgIpc) is 3.62. The number of fused-ring (bicyclic) bond motifs is 9. The molecule has 0 aliphatic heterocycles. The summed E-state index contributed by atoms with van der Waals surface area (Å²) in [4.78, 5) is 85.0. The van der Waals surface area contributed by atoms with Crippen LogP contribution in [-0.4, -0.2) is 34.7 Å². The summed E-state index contributed by atoms with van der Waals surface area (Å²) in [6, 6.07) is 6.68. The van der Waals surface area contributed by atoms with Crippen molar-refractivity contribution in [1.29, 1.82) is 0 Å². The highest BCUT2D eigenvalue weighted by Crippen LogP contribution is 2.68. The SMILES string of the molecule is O=C1C2=CCC=CC2C2CC3(C(=O)C4=C(CC5(C=C4)C(=O)c4ccccc4C5=O)C3=O)C3C4C=CCC=C4C(=O)C3C12. The van der Waals surface area contributed by atoms with Crippen molar-refractivity contribution < 1.29 is 28.8 Å². The monoisotopic (exact) mass is 554 g/mol. The van der Waals surface area contributed by atoms with Crippen molar-refractivity contribution in [3.8, 4) is 0 Å². The Morgan fingerprint density at radius 3 is 2.00 bits per heavy atom. The molecule has 0 bridgehead atoms. The minimum absolute atomic E-state index is 0.0230. The molecule has 7 unspecified atom stereocenters. The number of carbonyl (C=O) groups excluding carboxylic acids is 6. The van der Waals surface area contributed by atoms with Crippen LogP contribution in [0.4, 0.5) is 0 Å². The summed E-state index contributed by atoms with van der Waals surface area (Å²) in [5.74, 6) is -4.55. The highest BCUT2D eigenvalue weighted by molar-refractivity contribution is 6.35. The minimum Gasteiger partial charge on any atom is -0.294 e. The van der Waals surface area contributed by atoms with Crippen molar-refractivity contribution in [3.63, 3.8) is 0 Å². The van der Waals surface area contributed by atoms with Crippen molar-refractivity contribution in [3.05, 3.63) is 106 Å². The zero-order valence-electron chi connectivity index (χ0n) is 22.7. The first-order valence-electron chi connectivity index (χ1n) is 14.8. The summed E-state index contributed by atoms with van der Waals surface area (Å²) in [7, 11) is 0. The molecule has 0 N–H and O–H groups in total. The highest BCUT2D eigenvalue weighted by atomic mass is 16.2. The second kappa shape index (κ2) is 7.74. The van der Waals surface area contributed by atoms with Crippen LogP contribution < -0.4 is 0 Å². The van der Waals surface area contributed by atoms with Gasteiger partial charge in [0.25, 0.3) is 0 Å². The van der Waals surface area contributed by atoms with Gasteiger partial charge in [0.2, 0.25) is 0 Å². The van der Waals surface area contributed by atoms with E-state index in [1.165, 1.54) is 12.2 Å². The van der Waals surface area contributed by atoms with Crippen molar-refractivity contribution >= 4 is 34.7 Å². The Balaban J connectivity index is 1.20. The number of carbonyl (C=O) groups is 6. The van der Waals surface area contributed by atoms with Gasteiger partial charge in [-0.1, -0.05) is 72.9 Å². The maximum atomic E-state index is 14.9. The number of hydrogen-bond donors (Lipinski definition) is 0. The first kappa shape index (κ1) is 24.3. The van der Waals surface area contributed by atoms with Gasteiger partial charge in [0.05, 0.1) is 0 Å². The molecule has 6 heteroatoms. The van der Waals surface area contributed by atoms with Gasteiger partial charge in [-0.15, -0.1) is 0 Å². The second-order valence-electron chi connectivity index (χ2n) is 13.1. The summed E-state index contributed by atoms with van der Waals surface area (Å²) in [5, 5.41) is 0. The first-order valence-corrected chi connectivity index (χ1v) is 14.8. The van der Waals surface area contributed by atoms with Gasteiger partial charge in [-0.2, -0.15) is 0 Å². The van der Waals surface area contributed by atoms with E-state index >= 15 is 0 Å². The smallest absolute Gasteiger partial charge is 0.181 e. The predicted molar refractivity (Wildman–Crippen MR) is 150 cm³/mol. The lowest BCUT2D eigenvalue weighted by molar-refractivity contribution is -0.152. The van der Waals surface area contributed by atoms with Gasteiger partial charge in [-0.05, 0) is 36.3 Å². The Morgan fingerprint density at radius 2 is 1.31 bits per heavy atom. The van der Waals surface area contributed by atoms with E-state index in [4.69, 9.17) is 0 Å². The third-order valence-electron chi connectivity index (χ3n) is 11.6.